The molecule has 2 aromatic carbocycles. The highest BCUT2D eigenvalue weighted by Crippen LogP contribution is 2.52. The van der Waals surface area contributed by atoms with E-state index in [0.29, 0.717) is 29.4 Å². The van der Waals surface area contributed by atoms with Gasteiger partial charge in [-0.2, -0.15) is 0 Å². The number of carbonyl (C=O) groups is 2. The summed E-state index contributed by atoms with van der Waals surface area (Å²) in [6.45, 7) is 4.19. The summed E-state index contributed by atoms with van der Waals surface area (Å²) in [7, 11) is 1.34. The van der Waals surface area contributed by atoms with Crippen molar-refractivity contribution in [1.82, 2.24) is 4.90 Å². The standard InChI is InChI=1S/C25H30Cl2N2O3/c1-4-20(15-28)29-23(16-8-10-18(26)11-9-16)21(17-6-5-7-19(27)12-17)13-25(2,24(29)31)14-22(30)32-3/h5-12,20-21,23H,4,13-15,28H2,1-3H3/t20?,21?,23-,25-/m1/s1. The number of esters is 1. The van der Waals surface area contributed by atoms with Crippen LogP contribution in [0.1, 0.15) is 56.2 Å². The Morgan fingerprint density at radius 3 is 2.44 bits per heavy atom. The molecule has 0 spiro atoms. The lowest BCUT2D eigenvalue weighted by Gasteiger charge is -2.51. The third-order valence-corrected chi connectivity index (χ3v) is 6.98. The fraction of sp³-hybridized carbons (Fsp3) is 0.440. The highest BCUT2D eigenvalue weighted by Gasteiger charge is 2.52. The summed E-state index contributed by atoms with van der Waals surface area (Å²) in [5, 5.41) is 1.25. The smallest absolute Gasteiger partial charge is 0.306 e. The van der Waals surface area contributed by atoms with Gasteiger partial charge in [0.05, 0.1) is 25.0 Å². The monoisotopic (exact) mass is 476 g/mol. The third kappa shape index (κ3) is 4.95. The zero-order valence-corrected chi connectivity index (χ0v) is 20.2. The van der Waals surface area contributed by atoms with E-state index in [9.17, 15) is 9.59 Å². The molecule has 2 N–H and O–H groups in total. The van der Waals surface area contributed by atoms with Gasteiger partial charge in [0, 0.05) is 28.5 Å². The number of nitrogens with two attached hydrogens (primary N) is 1. The number of rotatable bonds is 7. The van der Waals surface area contributed by atoms with Crippen LogP contribution in [-0.2, 0) is 14.3 Å². The molecule has 0 bridgehead atoms. The molecule has 1 amide bonds. The normalized spacial score (nSPS) is 24.3. The number of amides is 1. The molecule has 1 aliphatic heterocycles. The first-order valence-electron chi connectivity index (χ1n) is 10.8. The van der Waals surface area contributed by atoms with E-state index in [4.69, 9.17) is 33.7 Å². The summed E-state index contributed by atoms with van der Waals surface area (Å²) in [5.74, 6) is -0.586. The maximum absolute atomic E-state index is 14.0. The third-order valence-electron chi connectivity index (χ3n) is 6.49. The van der Waals surface area contributed by atoms with Crippen LogP contribution in [0.25, 0.3) is 0 Å². The predicted octanol–water partition coefficient (Wildman–Crippen LogP) is 5.36. The van der Waals surface area contributed by atoms with Crippen LogP contribution in [0.4, 0.5) is 0 Å². The lowest BCUT2D eigenvalue weighted by Crippen LogP contribution is -2.57. The van der Waals surface area contributed by atoms with Crippen LogP contribution in [0.3, 0.4) is 0 Å². The summed E-state index contributed by atoms with van der Waals surface area (Å²) < 4.78 is 4.93. The molecule has 2 unspecified atom stereocenters. The Kier molecular flexibility index (Phi) is 7.86. The van der Waals surface area contributed by atoms with Crippen molar-refractivity contribution >= 4 is 35.1 Å². The number of methoxy groups -OCH3 is 1. The molecule has 172 valence electrons. The number of hydrogen-bond acceptors (Lipinski definition) is 4. The highest BCUT2D eigenvalue weighted by molar-refractivity contribution is 6.30. The maximum Gasteiger partial charge on any atom is 0.306 e. The Bertz CT molecular complexity index is 962. The number of ether oxygens (including phenoxy) is 1. The molecule has 1 aliphatic rings. The summed E-state index contributed by atoms with van der Waals surface area (Å²) in [6.07, 6.45) is 1.18. The SMILES string of the molecule is CCC(CN)N1C(=O)[C@@](C)(CC(=O)OC)CC(c2cccc(Cl)c2)[C@H]1c1ccc(Cl)cc1. The van der Waals surface area contributed by atoms with Gasteiger partial charge in [0.2, 0.25) is 5.91 Å². The Morgan fingerprint density at radius 1 is 1.19 bits per heavy atom. The van der Waals surface area contributed by atoms with Gasteiger partial charge in [-0.25, -0.2) is 0 Å². The van der Waals surface area contributed by atoms with Crippen molar-refractivity contribution in [3.8, 4) is 0 Å². The van der Waals surface area contributed by atoms with Crippen LogP contribution in [0.2, 0.25) is 10.0 Å². The molecule has 3 rings (SSSR count). The lowest BCUT2D eigenvalue weighted by atomic mass is 9.67. The van der Waals surface area contributed by atoms with Crippen molar-refractivity contribution in [3.05, 3.63) is 69.7 Å². The van der Waals surface area contributed by atoms with Crippen LogP contribution in [0.15, 0.2) is 48.5 Å². The van der Waals surface area contributed by atoms with E-state index < -0.39 is 11.4 Å². The van der Waals surface area contributed by atoms with Gasteiger partial charge in [0.1, 0.15) is 0 Å². The van der Waals surface area contributed by atoms with Crippen molar-refractivity contribution < 1.29 is 14.3 Å². The number of likely N-dealkylation sites (tertiary alicyclic amines) is 1. The molecular formula is C25H30Cl2N2O3. The number of hydrogen-bond donors (Lipinski definition) is 1. The summed E-state index contributed by atoms with van der Waals surface area (Å²) >= 11 is 12.5. The Balaban J connectivity index is 2.21. The number of halogens is 2. The Morgan fingerprint density at radius 2 is 1.88 bits per heavy atom. The molecule has 1 saturated heterocycles. The van der Waals surface area contributed by atoms with Crippen molar-refractivity contribution in [2.45, 2.75) is 51.1 Å². The van der Waals surface area contributed by atoms with Gasteiger partial charge in [-0.15, -0.1) is 0 Å². The quantitative estimate of drug-likeness (QED) is 0.546. The molecule has 7 heteroatoms. The first kappa shape index (κ1) is 24.6. The fourth-order valence-electron chi connectivity index (χ4n) is 4.81. The minimum Gasteiger partial charge on any atom is -0.469 e. The molecular weight excluding hydrogens is 447 g/mol. The predicted molar refractivity (Wildman–Crippen MR) is 128 cm³/mol. The molecule has 4 atom stereocenters. The number of nitrogens with zero attached hydrogens (tertiary/aromatic N) is 1. The van der Waals surface area contributed by atoms with E-state index in [0.717, 1.165) is 11.1 Å². The summed E-state index contributed by atoms with van der Waals surface area (Å²) in [4.78, 5) is 28.1. The van der Waals surface area contributed by atoms with Gasteiger partial charge in [0.25, 0.3) is 0 Å². The topological polar surface area (TPSA) is 72.6 Å². The van der Waals surface area contributed by atoms with E-state index in [1.54, 1.807) is 0 Å². The van der Waals surface area contributed by atoms with Gasteiger partial charge in [-0.1, -0.05) is 61.3 Å². The fourth-order valence-corrected chi connectivity index (χ4v) is 5.14. The minimum absolute atomic E-state index is 0.00421. The number of carbonyl (C=O) groups excluding carboxylic acids is 2. The molecule has 32 heavy (non-hydrogen) atoms. The molecule has 1 fully saturated rings. The molecule has 0 radical (unpaired) electrons. The van der Waals surface area contributed by atoms with Crippen LogP contribution in [-0.4, -0.2) is 36.5 Å². The van der Waals surface area contributed by atoms with Crippen molar-refractivity contribution in [2.75, 3.05) is 13.7 Å². The van der Waals surface area contributed by atoms with Gasteiger partial charge in [-0.3, -0.25) is 9.59 Å². The van der Waals surface area contributed by atoms with Crippen LogP contribution in [0.5, 0.6) is 0 Å². The minimum atomic E-state index is -0.925. The second kappa shape index (κ2) is 10.2. The Hall–Kier alpha value is -2.08. The van der Waals surface area contributed by atoms with Crippen LogP contribution < -0.4 is 5.73 Å². The molecule has 0 aliphatic carbocycles. The molecule has 0 aromatic heterocycles. The van der Waals surface area contributed by atoms with Crippen molar-refractivity contribution in [3.63, 3.8) is 0 Å². The average molecular weight is 477 g/mol. The van der Waals surface area contributed by atoms with Gasteiger partial charge < -0.3 is 15.4 Å². The van der Waals surface area contributed by atoms with E-state index in [1.165, 1.54) is 7.11 Å². The van der Waals surface area contributed by atoms with Gasteiger partial charge >= 0.3 is 5.97 Å². The van der Waals surface area contributed by atoms with Gasteiger partial charge in [0.15, 0.2) is 0 Å². The molecule has 1 heterocycles. The highest BCUT2D eigenvalue weighted by atomic mass is 35.5. The second-order valence-electron chi connectivity index (χ2n) is 8.69. The number of piperidine rings is 1. The zero-order chi connectivity index (χ0) is 23.5. The summed E-state index contributed by atoms with van der Waals surface area (Å²) in [5.41, 5.74) is 7.20. The summed E-state index contributed by atoms with van der Waals surface area (Å²) in [6, 6.07) is 14.8. The van der Waals surface area contributed by atoms with E-state index in [2.05, 4.69) is 0 Å². The molecule has 0 saturated carbocycles. The van der Waals surface area contributed by atoms with E-state index >= 15 is 0 Å². The second-order valence-corrected chi connectivity index (χ2v) is 9.56. The van der Waals surface area contributed by atoms with Crippen molar-refractivity contribution in [2.24, 2.45) is 11.1 Å². The van der Waals surface area contributed by atoms with Crippen LogP contribution in [0, 0.1) is 5.41 Å². The van der Waals surface area contributed by atoms with Gasteiger partial charge in [-0.05, 0) is 48.2 Å². The average Bonchev–Trinajstić information content (AvgIpc) is 2.78. The zero-order valence-electron chi connectivity index (χ0n) is 18.7. The maximum atomic E-state index is 14.0. The molecule has 5 nitrogen and oxygen atoms in total. The first-order valence-corrected chi connectivity index (χ1v) is 11.6. The number of benzene rings is 2. The van der Waals surface area contributed by atoms with Crippen molar-refractivity contribution in [1.29, 1.82) is 0 Å². The van der Waals surface area contributed by atoms with Crippen LogP contribution >= 0.6 is 23.2 Å². The molecule has 2 aromatic rings. The first-order chi connectivity index (χ1) is 15.2. The van der Waals surface area contributed by atoms with E-state index in [1.807, 2.05) is 67.3 Å². The lowest BCUT2D eigenvalue weighted by molar-refractivity contribution is -0.161. The Labute approximate surface area is 199 Å². The van der Waals surface area contributed by atoms with E-state index in [-0.39, 0.29) is 30.3 Å². The largest absolute Gasteiger partial charge is 0.469 e.